The van der Waals surface area contributed by atoms with E-state index in [-0.39, 0.29) is 18.0 Å². The fraction of sp³-hybridized carbons (Fsp3) is 0.375. The van der Waals surface area contributed by atoms with Crippen molar-refractivity contribution < 1.29 is 14.6 Å². The van der Waals surface area contributed by atoms with Crippen molar-refractivity contribution in [3.05, 3.63) is 47.5 Å². The number of rotatable bonds is 4. The van der Waals surface area contributed by atoms with Gasteiger partial charge in [-0.25, -0.2) is 19.7 Å². The first-order valence-corrected chi connectivity index (χ1v) is 12.3. The van der Waals surface area contributed by atoms with Gasteiger partial charge >= 0.3 is 6.09 Å². The van der Waals surface area contributed by atoms with Crippen molar-refractivity contribution in [3.8, 4) is 16.3 Å². The third-order valence-electron chi connectivity index (χ3n) is 5.84. The normalized spacial score (nSPS) is 17.4. The molecule has 0 fully saturated rings. The highest BCUT2D eigenvalue weighted by molar-refractivity contribution is 7.13. The maximum atomic E-state index is 12.4. The molecule has 10 nitrogen and oxygen atoms in total. The van der Waals surface area contributed by atoms with Crippen LogP contribution in [-0.4, -0.2) is 60.8 Å². The highest BCUT2D eigenvalue weighted by Crippen LogP contribution is 2.36. The number of aromatic nitrogens is 4. The topological polar surface area (TPSA) is 125 Å². The molecule has 0 saturated heterocycles. The SMILES string of the molecule is CC(C)(C)OC(=O)N1CC=C(C2Cc3c(Nc4cnc(O)c(-c5cncs5)c4)ncnc3N2)CC1. The number of hydrogen-bond donors (Lipinski definition) is 3. The second kappa shape index (κ2) is 9.14. The average molecular weight is 494 g/mol. The molecule has 2 aliphatic heterocycles. The van der Waals surface area contributed by atoms with E-state index in [0.29, 0.717) is 30.2 Å². The van der Waals surface area contributed by atoms with Crippen LogP contribution in [0.4, 0.5) is 22.1 Å². The molecule has 0 saturated carbocycles. The molecular formula is C24H27N7O3S. The van der Waals surface area contributed by atoms with E-state index in [4.69, 9.17) is 4.74 Å². The van der Waals surface area contributed by atoms with Crippen molar-refractivity contribution in [2.75, 3.05) is 23.7 Å². The fourth-order valence-corrected chi connectivity index (χ4v) is 4.80. The van der Waals surface area contributed by atoms with Gasteiger partial charge in [0, 0.05) is 31.3 Å². The minimum Gasteiger partial charge on any atom is -0.493 e. The monoisotopic (exact) mass is 493 g/mol. The van der Waals surface area contributed by atoms with Gasteiger partial charge in [-0.15, -0.1) is 11.3 Å². The summed E-state index contributed by atoms with van der Waals surface area (Å²) in [7, 11) is 0. The van der Waals surface area contributed by atoms with Gasteiger partial charge in [0.15, 0.2) is 0 Å². The lowest BCUT2D eigenvalue weighted by atomic mass is 9.97. The highest BCUT2D eigenvalue weighted by Gasteiger charge is 2.31. The molecule has 3 N–H and O–H groups in total. The van der Waals surface area contributed by atoms with E-state index in [1.54, 1.807) is 22.8 Å². The van der Waals surface area contributed by atoms with Crippen LogP contribution in [0, 0.1) is 0 Å². The standard InChI is InChI=1S/C24H27N7O3S/c1-24(2,3)34-23(33)31-6-4-14(5-7-31)18-9-17-20(27-12-28-21(17)30-18)29-15-8-16(22(32)26-10-15)19-11-25-13-35-19/h4,8,10-13,18H,5-7,9H2,1-3H3,(H,26,32)(H2,27,28,29,30). The van der Waals surface area contributed by atoms with Gasteiger partial charge < -0.3 is 25.4 Å². The Labute approximate surface area is 207 Å². The number of hydrogen-bond acceptors (Lipinski definition) is 10. The third-order valence-corrected chi connectivity index (χ3v) is 6.64. The molecular weight excluding hydrogens is 466 g/mol. The Morgan fingerprint density at radius 2 is 2.14 bits per heavy atom. The van der Waals surface area contributed by atoms with Crippen LogP contribution < -0.4 is 10.6 Å². The molecule has 2 aliphatic rings. The van der Waals surface area contributed by atoms with Crippen molar-refractivity contribution in [2.45, 2.75) is 45.3 Å². The zero-order valence-corrected chi connectivity index (χ0v) is 20.6. The smallest absolute Gasteiger partial charge is 0.410 e. The van der Waals surface area contributed by atoms with Gasteiger partial charge in [-0.1, -0.05) is 6.08 Å². The summed E-state index contributed by atoms with van der Waals surface area (Å²) in [5, 5.41) is 17.0. The van der Waals surface area contributed by atoms with Gasteiger partial charge in [0.2, 0.25) is 5.88 Å². The quantitative estimate of drug-likeness (QED) is 0.455. The molecule has 5 heterocycles. The summed E-state index contributed by atoms with van der Waals surface area (Å²) in [6, 6.07) is 1.92. The highest BCUT2D eigenvalue weighted by atomic mass is 32.1. The molecule has 11 heteroatoms. The Kier molecular flexibility index (Phi) is 6.01. The Hall–Kier alpha value is -3.73. The molecule has 1 atom stereocenters. The molecule has 0 aliphatic carbocycles. The number of nitrogens with zero attached hydrogens (tertiary/aromatic N) is 5. The molecule has 3 aromatic heterocycles. The van der Waals surface area contributed by atoms with Gasteiger partial charge in [-0.3, -0.25) is 4.98 Å². The summed E-state index contributed by atoms with van der Waals surface area (Å²) < 4.78 is 5.49. The van der Waals surface area contributed by atoms with E-state index in [1.807, 2.05) is 26.8 Å². The minimum absolute atomic E-state index is 0.0425. The Morgan fingerprint density at radius 1 is 1.29 bits per heavy atom. The summed E-state index contributed by atoms with van der Waals surface area (Å²) >= 11 is 1.43. The first-order valence-electron chi connectivity index (χ1n) is 11.4. The number of fused-ring (bicyclic) bond motifs is 1. The zero-order valence-electron chi connectivity index (χ0n) is 19.8. The molecule has 35 heavy (non-hydrogen) atoms. The van der Waals surface area contributed by atoms with E-state index in [1.165, 1.54) is 23.2 Å². The van der Waals surface area contributed by atoms with Crippen molar-refractivity contribution in [1.29, 1.82) is 0 Å². The summed E-state index contributed by atoms with van der Waals surface area (Å²) in [5.41, 5.74) is 4.76. The van der Waals surface area contributed by atoms with Crippen molar-refractivity contribution in [2.24, 2.45) is 0 Å². The second-order valence-corrected chi connectivity index (χ2v) is 10.4. The van der Waals surface area contributed by atoms with Gasteiger partial charge in [0.05, 0.1) is 33.9 Å². The number of aromatic hydroxyl groups is 1. The molecule has 1 unspecified atom stereocenters. The van der Waals surface area contributed by atoms with Crippen LogP contribution in [-0.2, 0) is 11.2 Å². The van der Waals surface area contributed by atoms with Gasteiger partial charge in [-0.05, 0) is 38.8 Å². The number of amides is 1. The average Bonchev–Trinajstić information content (AvgIpc) is 3.50. The molecule has 0 aromatic carbocycles. The zero-order chi connectivity index (χ0) is 24.6. The van der Waals surface area contributed by atoms with Gasteiger partial charge in [0.1, 0.15) is 23.6 Å². The number of ether oxygens (including phenoxy) is 1. The number of thiazole rings is 1. The molecule has 0 radical (unpaired) electrons. The Morgan fingerprint density at radius 3 is 2.86 bits per heavy atom. The maximum Gasteiger partial charge on any atom is 0.410 e. The van der Waals surface area contributed by atoms with Crippen molar-refractivity contribution in [1.82, 2.24) is 24.8 Å². The fourth-order valence-electron chi connectivity index (χ4n) is 4.17. The van der Waals surface area contributed by atoms with E-state index < -0.39 is 5.60 Å². The maximum absolute atomic E-state index is 12.4. The van der Waals surface area contributed by atoms with Crippen LogP contribution in [0.3, 0.4) is 0 Å². The molecule has 0 spiro atoms. The number of pyridine rings is 1. The Bertz CT molecular complexity index is 1270. The minimum atomic E-state index is -0.508. The van der Waals surface area contributed by atoms with E-state index in [9.17, 15) is 9.90 Å². The number of carbonyl (C=O) groups is 1. The number of nitrogens with one attached hydrogen (secondary N) is 2. The molecule has 1 amide bonds. The Balaban J connectivity index is 1.29. The summed E-state index contributed by atoms with van der Waals surface area (Å²) in [6.07, 6.45) is 8.10. The second-order valence-electron chi connectivity index (χ2n) is 9.49. The largest absolute Gasteiger partial charge is 0.493 e. The molecule has 0 bridgehead atoms. The van der Waals surface area contributed by atoms with E-state index in [0.717, 1.165) is 29.1 Å². The predicted octanol–water partition coefficient (Wildman–Crippen LogP) is 4.35. The van der Waals surface area contributed by atoms with Crippen LogP contribution in [0.15, 0.2) is 41.9 Å². The van der Waals surface area contributed by atoms with Gasteiger partial charge in [-0.2, -0.15) is 0 Å². The lowest BCUT2D eigenvalue weighted by Gasteiger charge is -2.31. The predicted molar refractivity (Wildman–Crippen MR) is 134 cm³/mol. The van der Waals surface area contributed by atoms with Crippen molar-refractivity contribution in [3.63, 3.8) is 0 Å². The summed E-state index contributed by atoms with van der Waals surface area (Å²) in [5.74, 6) is 1.44. The third kappa shape index (κ3) is 5.04. The van der Waals surface area contributed by atoms with E-state index in [2.05, 4.69) is 36.6 Å². The van der Waals surface area contributed by atoms with Crippen LogP contribution in [0.25, 0.3) is 10.4 Å². The first-order chi connectivity index (χ1) is 16.8. The lowest BCUT2D eigenvalue weighted by Crippen LogP contribution is -2.40. The van der Waals surface area contributed by atoms with Crippen molar-refractivity contribution >= 4 is 34.8 Å². The van der Waals surface area contributed by atoms with Crippen LogP contribution >= 0.6 is 11.3 Å². The number of carbonyl (C=O) groups excluding carboxylic acids is 1. The number of anilines is 3. The van der Waals surface area contributed by atoms with Crippen LogP contribution in [0.5, 0.6) is 5.88 Å². The first kappa shape index (κ1) is 23.0. The lowest BCUT2D eigenvalue weighted by molar-refractivity contribution is 0.0265. The summed E-state index contributed by atoms with van der Waals surface area (Å²) in [4.78, 5) is 32.0. The molecule has 182 valence electrons. The summed E-state index contributed by atoms with van der Waals surface area (Å²) in [6.45, 7) is 6.76. The van der Waals surface area contributed by atoms with E-state index >= 15 is 0 Å². The van der Waals surface area contributed by atoms with Crippen LogP contribution in [0.1, 0.15) is 32.8 Å². The van der Waals surface area contributed by atoms with Gasteiger partial charge in [0.25, 0.3) is 0 Å². The van der Waals surface area contributed by atoms with Crippen LogP contribution in [0.2, 0.25) is 0 Å². The molecule has 3 aromatic rings. The molecule has 5 rings (SSSR count).